The first kappa shape index (κ1) is 11.3. The topological polar surface area (TPSA) is 29.5 Å². The molecular formula is C11H15ClO2. The molecule has 1 unspecified atom stereocenters. The lowest BCUT2D eigenvalue weighted by Crippen LogP contribution is -2.16. The minimum Gasteiger partial charge on any atom is -0.491 e. The smallest absolute Gasteiger partial charge is 0.119 e. The van der Waals surface area contributed by atoms with E-state index in [1.807, 2.05) is 6.92 Å². The Hall–Kier alpha value is -0.730. The van der Waals surface area contributed by atoms with Crippen LogP contribution in [0.2, 0.25) is 5.02 Å². The second-order valence-corrected chi connectivity index (χ2v) is 3.64. The van der Waals surface area contributed by atoms with Gasteiger partial charge in [-0.2, -0.15) is 0 Å². The van der Waals surface area contributed by atoms with Gasteiger partial charge in [-0.05, 0) is 30.7 Å². The normalized spacial score (nSPS) is 12.5. The molecule has 0 saturated heterocycles. The molecule has 1 rings (SSSR count). The third-order valence-electron chi connectivity index (χ3n) is 1.88. The molecule has 0 heterocycles. The summed E-state index contributed by atoms with van der Waals surface area (Å²) in [6, 6.07) is 7.12. The first-order chi connectivity index (χ1) is 6.72. The number of rotatable bonds is 5. The fraction of sp³-hybridized carbons (Fsp3) is 0.455. The Labute approximate surface area is 89.5 Å². The summed E-state index contributed by atoms with van der Waals surface area (Å²) in [7, 11) is 0. The van der Waals surface area contributed by atoms with Gasteiger partial charge < -0.3 is 9.84 Å². The molecule has 78 valence electrons. The van der Waals surface area contributed by atoms with Crippen LogP contribution in [0, 0.1) is 0 Å². The number of aliphatic hydroxyl groups excluding tert-OH is 1. The predicted octanol–water partition coefficient (Wildman–Crippen LogP) is 2.88. The Morgan fingerprint density at radius 1 is 1.36 bits per heavy atom. The molecule has 0 aliphatic carbocycles. The highest BCUT2D eigenvalue weighted by molar-refractivity contribution is 6.30. The summed E-state index contributed by atoms with van der Waals surface area (Å²) >= 11 is 5.72. The Bertz CT molecular complexity index is 258. The van der Waals surface area contributed by atoms with Crippen molar-refractivity contribution in [1.29, 1.82) is 0 Å². The Morgan fingerprint density at radius 2 is 2.00 bits per heavy atom. The summed E-state index contributed by atoms with van der Waals surface area (Å²) < 4.78 is 5.37. The molecule has 0 fully saturated rings. The largest absolute Gasteiger partial charge is 0.491 e. The van der Waals surface area contributed by atoms with E-state index >= 15 is 0 Å². The van der Waals surface area contributed by atoms with Gasteiger partial charge in [-0.3, -0.25) is 0 Å². The lowest BCUT2D eigenvalue weighted by atomic mass is 10.2. The maximum Gasteiger partial charge on any atom is 0.119 e. The van der Waals surface area contributed by atoms with Crippen LogP contribution in [0.25, 0.3) is 0 Å². The molecule has 0 spiro atoms. The van der Waals surface area contributed by atoms with Crippen LogP contribution in [0.3, 0.4) is 0 Å². The lowest BCUT2D eigenvalue weighted by Gasteiger charge is -2.10. The predicted molar refractivity (Wildman–Crippen MR) is 57.9 cm³/mol. The molecular weight excluding hydrogens is 200 g/mol. The number of aliphatic hydroxyl groups is 1. The van der Waals surface area contributed by atoms with Crippen molar-refractivity contribution in [1.82, 2.24) is 0 Å². The fourth-order valence-electron chi connectivity index (χ4n) is 1.14. The van der Waals surface area contributed by atoms with E-state index in [0.717, 1.165) is 18.6 Å². The van der Waals surface area contributed by atoms with Crippen LogP contribution in [-0.4, -0.2) is 17.8 Å². The molecule has 3 heteroatoms. The Morgan fingerprint density at radius 3 is 2.57 bits per heavy atom. The van der Waals surface area contributed by atoms with Gasteiger partial charge in [-0.1, -0.05) is 24.9 Å². The van der Waals surface area contributed by atoms with Crippen molar-refractivity contribution >= 4 is 11.6 Å². The molecule has 0 bridgehead atoms. The number of hydrogen-bond acceptors (Lipinski definition) is 2. The van der Waals surface area contributed by atoms with Crippen molar-refractivity contribution in [2.24, 2.45) is 0 Å². The van der Waals surface area contributed by atoms with Crippen LogP contribution in [0.5, 0.6) is 5.75 Å². The molecule has 0 aromatic heterocycles. The van der Waals surface area contributed by atoms with Crippen LogP contribution in [0.1, 0.15) is 19.8 Å². The minimum atomic E-state index is -0.379. The molecule has 0 aliphatic heterocycles. The van der Waals surface area contributed by atoms with Crippen LogP contribution in [0.15, 0.2) is 24.3 Å². The maximum absolute atomic E-state index is 9.41. The van der Waals surface area contributed by atoms with Crippen molar-refractivity contribution in [3.8, 4) is 5.75 Å². The zero-order valence-electron chi connectivity index (χ0n) is 8.24. The van der Waals surface area contributed by atoms with Gasteiger partial charge in [0.2, 0.25) is 0 Å². The van der Waals surface area contributed by atoms with Gasteiger partial charge in [-0.15, -0.1) is 0 Å². The lowest BCUT2D eigenvalue weighted by molar-refractivity contribution is 0.0993. The third kappa shape index (κ3) is 3.99. The zero-order chi connectivity index (χ0) is 10.4. The Balaban J connectivity index is 2.34. The van der Waals surface area contributed by atoms with E-state index in [-0.39, 0.29) is 6.10 Å². The highest BCUT2D eigenvalue weighted by atomic mass is 35.5. The first-order valence-electron chi connectivity index (χ1n) is 4.78. The average molecular weight is 215 g/mol. The highest BCUT2D eigenvalue weighted by Crippen LogP contribution is 2.15. The second kappa shape index (κ2) is 5.89. The van der Waals surface area contributed by atoms with Gasteiger partial charge in [-0.25, -0.2) is 0 Å². The van der Waals surface area contributed by atoms with Crippen LogP contribution < -0.4 is 4.74 Å². The minimum absolute atomic E-state index is 0.343. The molecule has 0 saturated carbocycles. The Kier molecular flexibility index (Phi) is 4.77. The first-order valence-corrected chi connectivity index (χ1v) is 5.16. The number of hydrogen-bond donors (Lipinski definition) is 1. The van der Waals surface area contributed by atoms with Crippen LogP contribution >= 0.6 is 11.6 Å². The molecule has 14 heavy (non-hydrogen) atoms. The van der Waals surface area contributed by atoms with E-state index in [1.54, 1.807) is 24.3 Å². The maximum atomic E-state index is 9.41. The van der Waals surface area contributed by atoms with Gasteiger partial charge >= 0.3 is 0 Å². The summed E-state index contributed by atoms with van der Waals surface area (Å²) in [4.78, 5) is 0. The van der Waals surface area contributed by atoms with Crippen molar-refractivity contribution < 1.29 is 9.84 Å². The van der Waals surface area contributed by atoms with E-state index in [2.05, 4.69) is 0 Å². The van der Waals surface area contributed by atoms with Crippen LogP contribution in [0.4, 0.5) is 0 Å². The third-order valence-corrected chi connectivity index (χ3v) is 2.13. The van der Waals surface area contributed by atoms with E-state index < -0.39 is 0 Å². The molecule has 0 aliphatic rings. The van der Waals surface area contributed by atoms with Gasteiger partial charge in [0.15, 0.2) is 0 Å². The SMILES string of the molecule is CCCC(O)COc1ccc(Cl)cc1. The van der Waals surface area contributed by atoms with Crippen molar-refractivity contribution in [3.63, 3.8) is 0 Å². The fourth-order valence-corrected chi connectivity index (χ4v) is 1.27. The van der Waals surface area contributed by atoms with Gasteiger partial charge in [0, 0.05) is 5.02 Å². The molecule has 1 N–H and O–H groups in total. The molecule has 0 amide bonds. The summed E-state index contributed by atoms with van der Waals surface area (Å²) in [5.41, 5.74) is 0. The quantitative estimate of drug-likeness (QED) is 0.817. The second-order valence-electron chi connectivity index (χ2n) is 3.21. The van der Waals surface area contributed by atoms with E-state index in [0.29, 0.717) is 11.6 Å². The number of benzene rings is 1. The average Bonchev–Trinajstić information content (AvgIpc) is 2.17. The van der Waals surface area contributed by atoms with Crippen LogP contribution in [-0.2, 0) is 0 Å². The van der Waals surface area contributed by atoms with Crippen molar-refractivity contribution in [2.75, 3.05) is 6.61 Å². The van der Waals surface area contributed by atoms with Gasteiger partial charge in [0.1, 0.15) is 12.4 Å². The monoisotopic (exact) mass is 214 g/mol. The van der Waals surface area contributed by atoms with Gasteiger partial charge in [0.25, 0.3) is 0 Å². The standard InChI is InChI=1S/C11H15ClO2/c1-2-3-10(13)8-14-11-6-4-9(12)5-7-11/h4-7,10,13H,2-3,8H2,1H3. The zero-order valence-corrected chi connectivity index (χ0v) is 9.00. The van der Waals surface area contributed by atoms with Crippen molar-refractivity contribution in [2.45, 2.75) is 25.9 Å². The molecule has 1 aromatic rings. The van der Waals surface area contributed by atoms with E-state index in [9.17, 15) is 5.11 Å². The molecule has 1 aromatic carbocycles. The van der Waals surface area contributed by atoms with E-state index in [4.69, 9.17) is 16.3 Å². The highest BCUT2D eigenvalue weighted by Gasteiger charge is 2.03. The number of halogens is 1. The molecule has 0 radical (unpaired) electrons. The summed E-state index contributed by atoms with van der Waals surface area (Å²) in [5.74, 6) is 0.740. The molecule has 2 nitrogen and oxygen atoms in total. The van der Waals surface area contributed by atoms with Gasteiger partial charge in [0.05, 0.1) is 6.10 Å². The summed E-state index contributed by atoms with van der Waals surface area (Å²) in [5, 5.41) is 10.1. The molecule has 1 atom stereocenters. The summed E-state index contributed by atoms with van der Waals surface area (Å²) in [6.45, 7) is 2.38. The summed E-state index contributed by atoms with van der Waals surface area (Å²) in [6.07, 6.45) is 1.36. The van der Waals surface area contributed by atoms with Crippen molar-refractivity contribution in [3.05, 3.63) is 29.3 Å². The number of ether oxygens (including phenoxy) is 1. The van der Waals surface area contributed by atoms with E-state index in [1.165, 1.54) is 0 Å².